The van der Waals surface area contributed by atoms with Crippen LogP contribution < -0.4 is 5.73 Å². The maximum atomic E-state index is 12.5. The fourth-order valence-corrected chi connectivity index (χ4v) is 4.69. The molecule has 1 aromatic carbocycles. The maximum absolute atomic E-state index is 12.5. The van der Waals surface area contributed by atoms with Gasteiger partial charge in [0.25, 0.3) is 0 Å². The van der Waals surface area contributed by atoms with Crippen molar-refractivity contribution in [3.05, 3.63) is 54.6 Å². The second kappa shape index (κ2) is 9.19. The summed E-state index contributed by atoms with van der Waals surface area (Å²) in [6.45, 7) is 4.70. The van der Waals surface area contributed by atoms with Crippen molar-refractivity contribution in [2.45, 2.75) is 24.9 Å². The molecule has 1 aliphatic heterocycles. The largest absolute Gasteiger partial charge is 0.385 e. The first kappa shape index (κ1) is 22.6. The van der Waals surface area contributed by atoms with E-state index in [4.69, 9.17) is 15.6 Å². The molecule has 10 nitrogen and oxygen atoms in total. The first-order chi connectivity index (χ1) is 17.0. The molecule has 4 aromatic rings. The third-order valence-electron chi connectivity index (χ3n) is 6.44. The van der Waals surface area contributed by atoms with E-state index in [1.165, 1.54) is 12.4 Å². The third-order valence-corrected chi connectivity index (χ3v) is 6.44. The van der Waals surface area contributed by atoms with Crippen LogP contribution in [-0.4, -0.2) is 66.6 Å². The molecule has 0 bridgehead atoms. The van der Waals surface area contributed by atoms with Crippen molar-refractivity contribution in [2.24, 2.45) is 7.05 Å². The topological polar surface area (TPSA) is 117 Å². The van der Waals surface area contributed by atoms with Gasteiger partial charge in [0.15, 0.2) is 5.65 Å². The zero-order valence-corrected chi connectivity index (χ0v) is 19.7. The molecule has 178 valence electrons. The molecule has 1 saturated heterocycles. The zero-order chi connectivity index (χ0) is 24.5. The lowest BCUT2D eigenvalue weighted by molar-refractivity contribution is -0.127. The lowest BCUT2D eigenvalue weighted by Crippen LogP contribution is -2.35. The van der Waals surface area contributed by atoms with Crippen LogP contribution in [0.25, 0.3) is 21.9 Å². The van der Waals surface area contributed by atoms with E-state index < -0.39 is 0 Å². The number of carbonyl (C=O) groups excluding carboxylic acids is 1. The highest BCUT2D eigenvalue weighted by atomic mass is 16.5. The summed E-state index contributed by atoms with van der Waals surface area (Å²) in [6.07, 6.45) is 6.03. The Labute approximate surface area is 202 Å². The number of ether oxygens (including phenoxy) is 1. The maximum Gasteiger partial charge on any atom is 0.246 e. The second-order valence-corrected chi connectivity index (χ2v) is 8.56. The molecule has 1 fully saturated rings. The molecule has 4 heterocycles. The SMILES string of the molecule is C=CC(=O)N1C[C@@H](n2nc(C#Cc3ccc4c(cnn4C)c3)c3c(N)ncnc32)C[C@@H]1CCOC. The monoisotopic (exact) mass is 470 g/mol. The van der Waals surface area contributed by atoms with Crippen molar-refractivity contribution >= 4 is 33.7 Å². The van der Waals surface area contributed by atoms with E-state index in [9.17, 15) is 4.79 Å². The van der Waals surface area contributed by atoms with E-state index in [2.05, 4.69) is 33.5 Å². The third kappa shape index (κ3) is 4.11. The number of amides is 1. The molecule has 0 unspecified atom stereocenters. The number of nitrogen functional groups attached to an aromatic ring is 1. The van der Waals surface area contributed by atoms with E-state index in [1.54, 1.807) is 7.11 Å². The van der Waals surface area contributed by atoms with Crippen molar-refractivity contribution in [1.82, 2.24) is 34.4 Å². The Morgan fingerprint density at radius 1 is 1.34 bits per heavy atom. The number of aryl methyl sites for hydroxylation is 1. The highest BCUT2D eigenvalue weighted by Crippen LogP contribution is 2.33. The Kier molecular flexibility index (Phi) is 5.93. The number of rotatable bonds is 5. The van der Waals surface area contributed by atoms with E-state index in [0.717, 1.165) is 22.9 Å². The van der Waals surface area contributed by atoms with Gasteiger partial charge >= 0.3 is 0 Å². The van der Waals surface area contributed by atoms with Gasteiger partial charge in [-0.25, -0.2) is 14.6 Å². The number of anilines is 1. The van der Waals surface area contributed by atoms with Gasteiger partial charge in [-0.15, -0.1) is 0 Å². The molecule has 0 aliphatic carbocycles. The van der Waals surface area contributed by atoms with Gasteiger partial charge in [0, 0.05) is 44.3 Å². The van der Waals surface area contributed by atoms with Gasteiger partial charge in [0.05, 0.1) is 23.1 Å². The van der Waals surface area contributed by atoms with Crippen LogP contribution in [0.1, 0.15) is 30.1 Å². The van der Waals surface area contributed by atoms with E-state index >= 15 is 0 Å². The van der Waals surface area contributed by atoms with E-state index in [-0.39, 0.29) is 18.0 Å². The summed E-state index contributed by atoms with van der Waals surface area (Å²) in [4.78, 5) is 23.0. The average Bonchev–Trinajstić information content (AvgIpc) is 3.56. The standard InChI is InChI=1S/C25H26N8O2/c1-4-22(34)32-14-19(12-18(32)9-10-35-3)33-25-23(24(26)27-15-28-25)20(30-33)7-5-16-6-8-21-17(11-16)13-29-31(21)2/h4,6,8,11,13,15,18-19H,1,9-10,12,14H2,2-3H3,(H2,26,27,28)/t18-,19-/m0/s1. The number of likely N-dealkylation sites (tertiary alicyclic amines) is 1. The van der Waals surface area contributed by atoms with Gasteiger partial charge in [0.2, 0.25) is 5.91 Å². The van der Waals surface area contributed by atoms with Gasteiger partial charge < -0.3 is 15.4 Å². The summed E-state index contributed by atoms with van der Waals surface area (Å²) >= 11 is 0. The van der Waals surface area contributed by atoms with Crippen LogP contribution in [0.4, 0.5) is 5.82 Å². The summed E-state index contributed by atoms with van der Waals surface area (Å²) in [5, 5.41) is 10.7. The Hall–Kier alpha value is -4.23. The summed E-state index contributed by atoms with van der Waals surface area (Å²) in [6, 6.07) is 5.87. The summed E-state index contributed by atoms with van der Waals surface area (Å²) in [7, 11) is 3.56. The van der Waals surface area contributed by atoms with Gasteiger partial charge in [-0.05, 0) is 43.0 Å². The number of hydrogen-bond acceptors (Lipinski definition) is 7. The van der Waals surface area contributed by atoms with Gasteiger partial charge in [-0.1, -0.05) is 12.5 Å². The molecule has 1 aliphatic rings. The number of benzene rings is 1. The molecular formula is C25H26N8O2. The summed E-state index contributed by atoms with van der Waals surface area (Å²) in [5.74, 6) is 6.57. The number of nitrogens with two attached hydrogens (primary N) is 1. The Balaban J connectivity index is 1.52. The van der Waals surface area contributed by atoms with Crippen LogP contribution >= 0.6 is 0 Å². The Morgan fingerprint density at radius 2 is 2.20 bits per heavy atom. The number of aromatic nitrogens is 6. The molecule has 35 heavy (non-hydrogen) atoms. The lowest BCUT2D eigenvalue weighted by Gasteiger charge is -2.22. The number of carbonyl (C=O) groups is 1. The molecule has 10 heteroatoms. The van der Waals surface area contributed by atoms with Crippen LogP contribution in [0.5, 0.6) is 0 Å². The summed E-state index contributed by atoms with van der Waals surface area (Å²) in [5.41, 5.74) is 9.21. The number of nitrogens with zero attached hydrogens (tertiary/aromatic N) is 7. The van der Waals surface area contributed by atoms with Gasteiger partial charge in [0.1, 0.15) is 17.8 Å². The molecule has 0 radical (unpaired) electrons. The number of fused-ring (bicyclic) bond motifs is 2. The van der Waals surface area contributed by atoms with Crippen molar-refractivity contribution in [1.29, 1.82) is 0 Å². The van der Waals surface area contributed by atoms with Crippen LogP contribution in [0.15, 0.2) is 43.4 Å². The van der Waals surface area contributed by atoms with Gasteiger partial charge in [-0.2, -0.15) is 10.2 Å². The van der Waals surface area contributed by atoms with Crippen molar-refractivity contribution in [2.75, 3.05) is 26.0 Å². The Morgan fingerprint density at radius 3 is 3.00 bits per heavy atom. The predicted molar refractivity (Wildman–Crippen MR) is 132 cm³/mol. The molecular weight excluding hydrogens is 444 g/mol. The molecule has 5 rings (SSSR count). The molecule has 3 aromatic heterocycles. The minimum Gasteiger partial charge on any atom is -0.385 e. The van der Waals surface area contributed by atoms with Crippen LogP contribution in [0, 0.1) is 11.8 Å². The fourth-order valence-electron chi connectivity index (χ4n) is 4.69. The lowest BCUT2D eigenvalue weighted by atomic mass is 10.1. The first-order valence-electron chi connectivity index (χ1n) is 11.3. The molecule has 2 atom stereocenters. The van der Waals surface area contributed by atoms with E-state index in [1.807, 2.05) is 45.7 Å². The fraction of sp³-hybridized carbons (Fsp3) is 0.320. The second-order valence-electron chi connectivity index (χ2n) is 8.56. The molecule has 0 saturated carbocycles. The predicted octanol–water partition coefficient (Wildman–Crippen LogP) is 2.06. The van der Waals surface area contributed by atoms with Crippen LogP contribution in [0.2, 0.25) is 0 Å². The highest BCUT2D eigenvalue weighted by molar-refractivity contribution is 5.91. The first-order valence-corrected chi connectivity index (χ1v) is 11.3. The zero-order valence-electron chi connectivity index (χ0n) is 19.7. The minimum atomic E-state index is -0.106. The number of hydrogen-bond donors (Lipinski definition) is 1. The van der Waals surface area contributed by atoms with Crippen LogP contribution in [0.3, 0.4) is 0 Å². The summed E-state index contributed by atoms with van der Waals surface area (Å²) < 4.78 is 8.90. The minimum absolute atomic E-state index is 0.0182. The number of methoxy groups -OCH3 is 1. The highest BCUT2D eigenvalue weighted by Gasteiger charge is 2.36. The van der Waals surface area contributed by atoms with Crippen molar-refractivity contribution in [3.63, 3.8) is 0 Å². The van der Waals surface area contributed by atoms with Crippen molar-refractivity contribution in [3.8, 4) is 11.8 Å². The Bertz CT molecular complexity index is 1490. The van der Waals surface area contributed by atoms with Crippen molar-refractivity contribution < 1.29 is 9.53 Å². The molecule has 2 N–H and O–H groups in total. The quantitative estimate of drug-likeness (QED) is 0.350. The normalized spacial score (nSPS) is 17.6. The van der Waals surface area contributed by atoms with E-state index in [0.29, 0.717) is 42.1 Å². The molecule has 0 spiro atoms. The average molecular weight is 471 g/mol. The van der Waals surface area contributed by atoms with Gasteiger partial charge in [-0.3, -0.25) is 9.48 Å². The smallest absolute Gasteiger partial charge is 0.246 e. The van der Waals surface area contributed by atoms with Crippen LogP contribution in [-0.2, 0) is 16.6 Å². The molecule has 1 amide bonds.